The lowest BCUT2D eigenvalue weighted by Gasteiger charge is -2.25. The second-order valence-corrected chi connectivity index (χ2v) is 5.77. The standard InChI is InChI=1S/C19H23NO3/c1-14(16-7-8-18-19(13-16)23-12-11-22-18)20-17(9-10-21)15-5-3-2-4-6-15/h2-8,13-14,17,20-21H,9-12H2,1H3/t14?,17-/m1/s1. The lowest BCUT2D eigenvalue weighted by molar-refractivity contribution is 0.171. The van der Waals surface area contributed by atoms with Gasteiger partial charge in [0.15, 0.2) is 11.5 Å². The van der Waals surface area contributed by atoms with Gasteiger partial charge in [0, 0.05) is 18.7 Å². The van der Waals surface area contributed by atoms with Crippen LogP contribution in [0.4, 0.5) is 0 Å². The van der Waals surface area contributed by atoms with E-state index in [-0.39, 0.29) is 18.7 Å². The van der Waals surface area contributed by atoms with E-state index in [4.69, 9.17) is 9.47 Å². The van der Waals surface area contributed by atoms with E-state index in [2.05, 4.69) is 30.4 Å². The molecule has 2 N–H and O–H groups in total. The van der Waals surface area contributed by atoms with Crippen molar-refractivity contribution in [2.45, 2.75) is 25.4 Å². The highest BCUT2D eigenvalue weighted by molar-refractivity contribution is 5.44. The van der Waals surface area contributed by atoms with Crippen molar-refractivity contribution in [3.05, 3.63) is 59.7 Å². The molecule has 0 radical (unpaired) electrons. The highest BCUT2D eigenvalue weighted by Crippen LogP contribution is 2.33. The van der Waals surface area contributed by atoms with Gasteiger partial charge in [0.1, 0.15) is 13.2 Å². The van der Waals surface area contributed by atoms with Crippen LogP contribution < -0.4 is 14.8 Å². The topological polar surface area (TPSA) is 50.7 Å². The molecule has 23 heavy (non-hydrogen) atoms. The molecule has 0 fully saturated rings. The minimum Gasteiger partial charge on any atom is -0.486 e. The van der Waals surface area contributed by atoms with E-state index in [0.29, 0.717) is 19.6 Å². The van der Waals surface area contributed by atoms with E-state index in [1.807, 2.05) is 30.3 Å². The molecule has 0 aliphatic carbocycles. The third kappa shape index (κ3) is 3.84. The first-order valence-electron chi connectivity index (χ1n) is 8.09. The summed E-state index contributed by atoms with van der Waals surface area (Å²) in [5, 5.41) is 13.0. The molecule has 1 aliphatic rings. The second kappa shape index (κ2) is 7.49. The Balaban J connectivity index is 1.75. The first kappa shape index (κ1) is 15.8. The molecule has 2 aromatic rings. The molecule has 1 aliphatic heterocycles. The molecular weight excluding hydrogens is 290 g/mol. The number of fused-ring (bicyclic) bond motifs is 1. The SMILES string of the molecule is CC(N[C@H](CCO)c1ccccc1)c1ccc2c(c1)OCCO2. The lowest BCUT2D eigenvalue weighted by Crippen LogP contribution is -2.26. The van der Waals surface area contributed by atoms with Crippen LogP contribution in [0.5, 0.6) is 11.5 Å². The quantitative estimate of drug-likeness (QED) is 0.859. The molecule has 4 heteroatoms. The first-order valence-corrected chi connectivity index (χ1v) is 8.09. The highest BCUT2D eigenvalue weighted by Gasteiger charge is 2.18. The third-order valence-corrected chi connectivity index (χ3v) is 4.14. The normalized spacial score (nSPS) is 15.9. The first-order chi connectivity index (χ1) is 11.3. The molecule has 0 bridgehead atoms. The summed E-state index contributed by atoms with van der Waals surface area (Å²) in [7, 11) is 0. The minimum atomic E-state index is 0.115. The van der Waals surface area contributed by atoms with Crippen molar-refractivity contribution in [2.75, 3.05) is 19.8 Å². The molecule has 2 atom stereocenters. The summed E-state index contributed by atoms with van der Waals surface area (Å²) in [5.74, 6) is 1.61. The Hall–Kier alpha value is -2.04. The van der Waals surface area contributed by atoms with Gasteiger partial charge in [0.25, 0.3) is 0 Å². The zero-order valence-electron chi connectivity index (χ0n) is 13.4. The second-order valence-electron chi connectivity index (χ2n) is 5.77. The van der Waals surface area contributed by atoms with Crippen molar-refractivity contribution >= 4 is 0 Å². The number of nitrogens with one attached hydrogen (secondary N) is 1. The molecular formula is C19H23NO3. The molecule has 1 unspecified atom stereocenters. The van der Waals surface area contributed by atoms with Gasteiger partial charge in [-0.25, -0.2) is 0 Å². The Bertz CT molecular complexity index is 630. The van der Waals surface area contributed by atoms with Crippen LogP contribution in [-0.4, -0.2) is 24.9 Å². The van der Waals surface area contributed by atoms with Crippen molar-refractivity contribution in [1.29, 1.82) is 0 Å². The zero-order chi connectivity index (χ0) is 16.1. The average molecular weight is 313 g/mol. The van der Waals surface area contributed by atoms with Gasteiger partial charge < -0.3 is 19.9 Å². The molecule has 0 saturated carbocycles. The van der Waals surface area contributed by atoms with Crippen LogP contribution in [0.25, 0.3) is 0 Å². The Morgan fingerprint density at radius 1 is 1.00 bits per heavy atom. The van der Waals surface area contributed by atoms with Gasteiger partial charge in [-0.15, -0.1) is 0 Å². The Morgan fingerprint density at radius 3 is 2.48 bits per heavy atom. The van der Waals surface area contributed by atoms with E-state index < -0.39 is 0 Å². The summed E-state index contributed by atoms with van der Waals surface area (Å²) < 4.78 is 11.2. The highest BCUT2D eigenvalue weighted by atomic mass is 16.6. The molecule has 0 spiro atoms. The monoisotopic (exact) mass is 313 g/mol. The van der Waals surface area contributed by atoms with Gasteiger partial charge in [-0.05, 0) is 36.6 Å². The predicted molar refractivity (Wildman–Crippen MR) is 89.9 cm³/mol. The number of aliphatic hydroxyl groups is 1. The van der Waals surface area contributed by atoms with Crippen LogP contribution in [0.15, 0.2) is 48.5 Å². The molecule has 0 aromatic heterocycles. The van der Waals surface area contributed by atoms with Crippen LogP contribution >= 0.6 is 0 Å². The maximum absolute atomic E-state index is 9.36. The van der Waals surface area contributed by atoms with Gasteiger partial charge in [0.05, 0.1) is 0 Å². The van der Waals surface area contributed by atoms with Crippen LogP contribution in [0.2, 0.25) is 0 Å². The number of rotatable bonds is 6. The van der Waals surface area contributed by atoms with Crippen molar-refractivity contribution < 1.29 is 14.6 Å². The number of hydrogen-bond donors (Lipinski definition) is 2. The Kier molecular flexibility index (Phi) is 5.16. The van der Waals surface area contributed by atoms with Crippen molar-refractivity contribution in [3.8, 4) is 11.5 Å². The summed E-state index contributed by atoms with van der Waals surface area (Å²) in [6, 6.07) is 16.5. The summed E-state index contributed by atoms with van der Waals surface area (Å²) in [6.07, 6.45) is 0.679. The number of benzene rings is 2. The Morgan fingerprint density at radius 2 is 1.74 bits per heavy atom. The molecule has 1 heterocycles. The van der Waals surface area contributed by atoms with Gasteiger partial charge >= 0.3 is 0 Å². The van der Waals surface area contributed by atoms with E-state index in [1.54, 1.807) is 0 Å². The summed E-state index contributed by atoms with van der Waals surface area (Å²) >= 11 is 0. The summed E-state index contributed by atoms with van der Waals surface area (Å²) in [6.45, 7) is 3.47. The van der Waals surface area contributed by atoms with Crippen molar-refractivity contribution in [1.82, 2.24) is 5.32 Å². The average Bonchev–Trinajstić information content (AvgIpc) is 2.61. The van der Waals surface area contributed by atoms with Crippen LogP contribution in [0.3, 0.4) is 0 Å². The lowest BCUT2D eigenvalue weighted by atomic mass is 10.0. The molecule has 0 saturated heterocycles. The Labute approximate surface area is 137 Å². The minimum absolute atomic E-state index is 0.115. The predicted octanol–water partition coefficient (Wildman–Crippen LogP) is 3.23. The van der Waals surface area contributed by atoms with Gasteiger partial charge in [-0.2, -0.15) is 0 Å². The fourth-order valence-corrected chi connectivity index (χ4v) is 2.89. The summed E-state index contributed by atoms with van der Waals surface area (Å²) in [5.41, 5.74) is 2.33. The zero-order valence-corrected chi connectivity index (χ0v) is 13.4. The molecule has 0 amide bonds. The van der Waals surface area contributed by atoms with Gasteiger partial charge in [-0.3, -0.25) is 0 Å². The molecule has 122 valence electrons. The molecule has 3 rings (SSSR count). The third-order valence-electron chi connectivity index (χ3n) is 4.14. The summed E-state index contributed by atoms with van der Waals surface area (Å²) in [4.78, 5) is 0. The van der Waals surface area contributed by atoms with Crippen molar-refractivity contribution in [3.63, 3.8) is 0 Å². The number of ether oxygens (including phenoxy) is 2. The smallest absolute Gasteiger partial charge is 0.161 e. The maximum Gasteiger partial charge on any atom is 0.161 e. The van der Waals surface area contributed by atoms with Crippen LogP contribution in [0.1, 0.15) is 36.6 Å². The van der Waals surface area contributed by atoms with Crippen LogP contribution in [-0.2, 0) is 0 Å². The maximum atomic E-state index is 9.36. The van der Waals surface area contributed by atoms with E-state index >= 15 is 0 Å². The largest absolute Gasteiger partial charge is 0.486 e. The fraction of sp³-hybridized carbons (Fsp3) is 0.368. The van der Waals surface area contributed by atoms with E-state index in [9.17, 15) is 5.11 Å². The van der Waals surface area contributed by atoms with Crippen LogP contribution in [0, 0.1) is 0 Å². The fourth-order valence-electron chi connectivity index (χ4n) is 2.89. The molecule has 2 aromatic carbocycles. The van der Waals surface area contributed by atoms with E-state index in [0.717, 1.165) is 17.1 Å². The number of hydrogen-bond acceptors (Lipinski definition) is 4. The van der Waals surface area contributed by atoms with Crippen molar-refractivity contribution in [2.24, 2.45) is 0 Å². The number of aliphatic hydroxyl groups excluding tert-OH is 1. The van der Waals surface area contributed by atoms with Gasteiger partial charge in [-0.1, -0.05) is 36.4 Å². The van der Waals surface area contributed by atoms with Gasteiger partial charge in [0.2, 0.25) is 0 Å². The molecule has 4 nitrogen and oxygen atoms in total. The van der Waals surface area contributed by atoms with E-state index in [1.165, 1.54) is 5.56 Å².